The average molecular weight is 386 g/mol. The number of hydrogen-bond acceptors (Lipinski definition) is 5. The van der Waals surface area contributed by atoms with Gasteiger partial charge in [0, 0.05) is 20.2 Å². The highest BCUT2D eigenvalue weighted by Gasteiger charge is 2.20. The molecule has 7 nitrogen and oxygen atoms in total. The van der Waals surface area contributed by atoms with Crippen LogP contribution in [0, 0.1) is 0 Å². The lowest BCUT2D eigenvalue weighted by Crippen LogP contribution is -2.26. The van der Waals surface area contributed by atoms with Crippen LogP contribution in [0.5, 0.6) is 17.2 Å². The van der Waals surface area contributed by atoms with Crippen molar-refractivity contribution in [2.24, 2.45) is 0 Å². The van der Waals surface area contributed by atoms with Crippen LogP contribution in [0.15, 0.2) is 36.4 Å². The van der Waals surface area contributed by atoms with Crippen molar-refractivity contribution < 1.29 is 23.8 Å². The number of benzene rings is 2. The van der Waals surface area contributed by atoms with E-state index in [0.29, 0.717) is 28.5 Å². The molecule has 0 saturated carbocycles. The summed E-state index contributed by atoms with van der Waals surface area (Å²) in [7, 11) is 6.24. The van der Waals surface area contributed by atoms with Crippen molar-refractivity contribution in [3.8, 4) is 17.2 Å². The van der Waals surface area contributed by atoms with Gasteiger partial charge in [0.05, 0.1) is 25.5 Å². The molecule has 0 bridgehead atoms. The van der Waals surface area contributed by atoms with Crippen LogP contribution >= 0.6 is 0 Å². The van der Waals surface area contributed by atoms with E-state index in [2.05, 4.69) is 5.32 Å². The molecule has 0 fully saturated rings. The second kappa shape index (κ2) is 9.64. The lowest BCUT2D eigenvalue weighted by molar-refractivity contribution is -0.118. The average Bonchev–Trinajstić information content (AvgIpc) is 2.71. The van der Waals surface area contributed by atoms with Gasteiger partial charge in [-0.1, -0.05) is 25.1 Å². The second-order valence-electron chi connectivity index (χ2n) is 6.25. The van der Waals surface area contributed by atoms with Crippen molar-refractivity contribution in [3.05, 3.63) is 47.5 Å². The van der Waals surface area contributed by atoms with Gasteiger partial charge in [0.15, 0.2) is 18.1 Å². The van der Waals surface area contributed by atoms with Crippen molar-refractivity contribution in [2.75, 3.05) is 40.2 Å². The third-order valence-corrected chi connectivity index (χ3v) is 4.15. The Hall–Kier alpha value is -3.22. The summed E-state index contributed by atoms with van der Waals surface area (Å²) < 4.78 is 16.2. The van der Waals surface area contributed by atoms with Crippen LogP contribution in [0.2, 0.25) is 0 Å². The quantitative estimate of drug-likeness (QED) is 0.755. The first-order valence-corrected chi connectivity index (χ1v) is 8.89. The summed E-state index contributed by atoms with van der Waals surface area (Å²) in [5.74, 6) is 0.820. The van der Waals surface area contributed by atoms with Crippen molar-refractivity contribution in [1.29, 1.82) is 0 Å². The van der Waals surface area contributed by atoms with Crippen LogP contribution < -0.4 is 19.5 Å². The molecule has 2 amide bonds. The predicted molar refractivity (Wildman–Crippen MR) is 108 cm³/mol. The Kier molecular flexibility index (Phi) is 7.26. The molecule has 1 N–H and O–H groups in total. The molecule has 2 aromatic carbocycles. The van der Waals surface area contributed by atoms with Gasteiger partial charge in [0.1, 0.15) is 5.75 Å². The minimum Gasteiger partial charge on any atom is -0.493 e. The number of rotatable bonds is 8. The van der Waals surface area contributed by atoms with E-state index in [0.717, 1.165) is 12.0 Å². The first-order chi connectivity index (χ1) is 13.4. The summed E-state index contributed by atoms with van der Waals surface area (Å²) in [6, 6.07) is 10.7. The Morgan fingerprint density at radius 1 is 1.00 bits per heavy atom. The third-order valence-electron chi connectivity index (χ3n) is 4.15. The Labute approximate surface area is 165 Å². The molecular formula is C21H26N2O5. The fraction of sp³-hybridized carbons (Fsp3) is 0.333. The van der Waals surface area contributed by atoms with E-state index in [-0.39, 0.29) is 18.4 Å². The number of nitrogens with zero attached hydrogens (tertiary/aromatic N) is 1. The molecule has 7 heteroatoms. The largest absolute Gasteiger partial charge is 0.493 e. The molecule has 0 aromatic heterocycles. The molecule has 0 aliphatic carbocycles. The molecule has 0 heterocycles. The monoisotopic (exact) mass is 386 g/mol. The molecule has 0 spiro atoms. The lowest BCUT2D eigenvalue weighted by Gasteiger charge is -2.18. The normalized spacial score (nSPS) is 10.2. The van der Waals surface area contributed by atoms with Crippen molar-refractivity contribution in [3.63, 3.8) is 0 Å². The highest BCUT2D eigenvalue weighted by Crippen LogP contribution is 2.34. The van der Waals surface area contributed by atoms with E-state index in [1.165, 1.54) is 19.1 Å². The van der Waals surface area contributed by atoms with Crippen LogP contribution in [0.4, 0.5) is 5.69 Å². The number of carbonyl (C=O) groups is 2. The molecule has 2 aromatic rings. The van der Waals surface area contributed by atoms with Gasteiger partial charge in [-0.05, 0) is 24.1 Å². The molecule has 0 atom stereocenters. The van der Waals surface area contributed by atoms with Crippen LogP contribution in [-0.2, 0) is 11.2 Å². The van der Waals surface area contributed by atoms with Gasteiger partial charge < -0.3 is 24.4 Å². The van der Waals surface area contributed by atoms with Gasteiger partial charge in [0.2, 0.25) is 0 Å². The fourth-order valence-corrected chi connectivity index (χ4v) is 2.67. The fourth-order valence-electron chi connectivity index (χ4n) is 2.67. The van der Waals surface area contributed by atoms with Gasteiger partial charge in [-0.25, -0.2) is 0 Å². The minimum atomic E-state index is -0.383. The van der Waals surface area contributed by atoms with E-state index >= 15 is 0 Å². The van der Waals surface area contributed by atoms with E-state index in [9.17, 15) is 9.59 Å². The maximum absolute atomic E-state index is 12.5. The molecule has 0 unspecified atom stereocenters. The predicted octanol–water partition coefficient (Wildman–Crippen LogP) is 2.99. The summed E-state index contributed by atoms with van der Waals surface area (Å²) >= 11 is 0. The van der Waals surface area contributed by atoms with Gasteiger partial charge in [-0.2, -0.15) is 0 Å². The van der Waals surface area contributed by atoms with E-state index in [1.54, 1.807) is 26.2 Å². The number of methoxy groups -OCH3 is 2. The van der Waals surface area contributed by atoms with E-state index in [1.807, 2.05) is 31.2 Å². The number of para-hydroxylation sites is 1. The lowest BCUT2D eigenvalue weighted by atomic mass is 10.1. The third kappa shape index (κ3) is 4.94. The van der Waals surface area contributed by atoms with E-state index in [4.69, 9.17) is 14.2 Å². The number of nitrogens with one attached hydrogen (secondary N) is 1. The summed E-state index contributed by atoms with van der Waals surface area (Å²) in [6.45, 7) is 1.84. The number of aryl methyl sites for hydroxylation is 1. The van der Waals surface area contributed by atoms with Crippen LogP contribution in [0.1, 0.15) is 22.8 Å². The van der Waals surface area contributed by atoms with Crippen LogP contribution in [-0.4, -0.2) is 51.6 Å². The molecule has 0 aliphatic rings. The smallest absolute Gasteiger partial charge is 0.262 e. The summed E-state index contributed by atoms with van der Waals surface area (Å²) in [5.41, 5.74) is 1.64. The van der Waals surface area contributed by atoms with Gasteiger partial charge in [0.25, 0.3) is 11.8 Å². The molecule has 0 radical (unpaired) electrons. The molecule has 28 heavy (non-hydrogen) atoms. The minimum absolute atomic E-state index is 0.180. The van der Waals surface area contributed by atoms with Gasteiger partial charge in [-0.3, -0.25) is 9.59 Å². The molecule has 150 valence electrons. The molecule has 0 aliphatic heterocycles. The Morgan fingerprint density at radius 3 is 2.25 bits per heavy atom. The summed E-state index contributed by atoms with van der Waals surface area (Å²) in [4.78, 5) is 26.4. The number of amides is 2. The number of anilines is 1. The highest BCUT2D eigenvalue weighted by molar-refractivity contribution is 6.04. The highest BCUT2D eigenvalue weighted by atomic mass is 16.5. The second-order valence-corrected chi connectivity index (χ2v) is 6.25. The first kappa shape index (κ1) is 21.1. The van der Waals surface area contributed by atoms with Crippen molar-refractivity contribution in [1.82, 2.24) is 4.90 Å². The molecule has 2 rings (SSSR count). The maximum Gasteiger partial charge on any atom is 0.262 e. The molecule has 0 saturated heterocycles. The number of carbonyl (C=O) groups excluding carboxylic acids is 2. The number of hydrogen-bond donors (Lipinski definition) is 1. The van der Waals surface area contributed by atoms with Crippen molar-refractivity contribution in [2.45, 2.75) is 13.3 Å². The Balaban J connectivity index is 2.23. The topological polar surface area (TPSA) is 77.1 Å². The van der Waals surface area contributed by atoms with Crippen LogP contribution in [0.3, 0.4) is 0 Å². The number of ether oxygens (including phenoxy) is 3. The first-order valence-electron chi connectivity index (χ1n) is 8.89. The van der Waals surface area contributed by atoms with Crippen molar-refractivity contribution >= 4 is 17.5 Å². The zero-order chi connectivity index (χ0) is 20.7. The zero-order valence-corrected chi connectivity index (χ0v) is 16.9. The van der Waals surface area contributed by atoms with Crippen LogP contribution in [0.25, 0.3) is 0 Å². The van der Waals surface area contributed by atoms with Gasteiger partial charge in [-0.15, -0.1) is 0 Å². The van der Waals surface area contributed by atoms with E-state index < -0.39 is 0 Å². The van der Waals surface area contributed by atoms with Gasteiger partial charge >= 0.3 is 0 Å². The summed E-state index contributed by atoms with van der Waals surface area (Å²) in [5, 5.41) is 2.73. The standard InChI is InChI=1S/C21H26N2O5/c1-6-14-9-7-8-10-17(14)28-13-20(24)22-16-12-19(27-5)18(26-4)11-15(16)21(25)23(2)3/h7-12H,6,13H2,1-5H3,(H,22,24). The zero-order valence-electron chi connectivity index (χ0n) is 16.9. The Morgan fingerprint density at radius 2 is 1.64 bits per heavy atom. The molecular weight excluding hydrogens is 360 g/mol. The maximum atomic E-state index is 12.5. The Bertz CT molecular complexity index is 849. The SMILES string of the molecule is CCc1ccccc1OCC(=O)Nc1cc(OC)c(OC)cc1C(=O)N(C)C. The summed E-state index contributed by atoms with van der Waals surface area (Å²) in [6.07, 6.45) is 0.801.